The smallest absolute Gasteiger partial charge is 0.245 e. The SMILES string of the molecule is CC(C)CC1NC(=O)CN(CC2COCCO2)C1=O. The van der Waals surface area contributed by atoms with Crippen molar-refractivity contribution in [2.75, 3.05) is 32.9 Å². The van der Waals surface area contributed by atoms with Crippen molar-refractivity contribution in [3.05, 3.63) is 0 Å². The van der Waals surface area contributed by atoms with E-state index in [1.165, 1.54) is 0 Å². The molecule has 0 saturated carbocycles. The number of hydrogen-bond acceptors (Lipinski definition) is 4. The van der Waals surface area contributed by atoms with E-state index in [9.17, 15) is 9.59 Å². The van der Waals surface area contributed by atoms with Gasteiger partial charge in [-0.05, 0) is 12.3 Å². The van der Waals surface area contributed by atoms with Gasteiger partial charge in [0.05, 0.1) is 32.5 Å². The Bertz CT molecular complexity index is 340. The van der Waals surface area contributed by atoms with Crippen molar-refractivity contribution >= 4 is 11.8 Å². The number of nitrogens with zero attached hydrogens (tertiary/aromatic N) is 1. The highest BCUT2D eigenvalue weighted by Gasteiger charge is 2.34. The molecule has 2 aliphatic heterocycles. The molecule has 2 rings (SSSR count). The largest absolute Gasteiger partial charge is 0.376 e. The molecule has 0 spiro atoms. The van der Waals surface area contributed by atoms with Crippen LogP contribution in [0, 0.1) is 5.92 Å². The van der Waals surface area contributed by atoms with Gasteiger partial charge >= 0.3 is 0 Å². The molecule has 1 N–H and O–H groups in total. The lowest BCUT2D eigenvalue weighted by atomic mass is 10.0. The lowest BCUT2D eigenvalue weighted by Crippen LogP contribution is -2.60. The van der Waals surface area contributed by atoms with Crippen LogP contribution in [0.4, 0.5) is 0 Å². The summed E-state index contributed by atoms with van der Waals surface area (Å²) in [6.45, 7) is 6.26. The number of ether oxygens (including phenoxy) is 2. The van der Waals surface area contributed by atoms with Crippen molar-refractivity contribution in [3.63, 3.8) is 0 Å². The molecule has 6 nitrogen and oxygen atoms in total. The zero-order valence-corrected chi connectivity index (χ0v) is 11.6. The first-order chi connectivity index (χ1) is 9.06. The molecule has 2 fully saturated rings. The predicted molar refractivity (Wildman–Crippen MR) is 68.5 cm³/mol. The second kappa shape index (κ2) is 6.34. The Morgan fingerprint density at radius 1 is 1.37 bits per heavy atom. The monoisotopic (exact) mass is 270 g/mol. The summed E-state index contributed by atoms with van der Waals surface area (Å²) in [5, 5.41) is 2.76. The fourth-order valence-electron chi connectivity index (χ4n) is 2.45. The van der Waals surface area contributed by atoms with E-state index in [1.807, 2.05) is 13.8 Å². The van der Waals surface area contributed by atoms with Gasteiger partial charge in [-0.2, -0.15) is 0 Å². The number of amides is 2. The van der Waals surface area contributed by atoms with Crippen LogP contribution < -0.4 is 5.32 Å². The summed E-state index contributed by atoms with van der Waals surface area (Å²) < 4.78 is 10.8. The summed E-state index contributed by atoms with van der Waals surface area (Å²) in [7, 11) is 0. The average Bonchev–Trinajstić information content (AvgIpc) is 2.35. The van der Waals surface area contributed by atoms with E-state index in [-0.39, 0.29) is 24.5 Å². The van der Waals surface area contributed by atoms with Crippen molar-refractivity contribution in [1.29, 1.82) is 0 Å². The second-order valence-electron chi connectivity index (χ2n) is 5.54. The minimum atomic E-state index is -0.397. The van der Waals surface area contributed by atoms with E-state index in [0.717, 1.165) is 0 Å². The Kier molecular flexibility index (Phi) is 4.76. The topological polar surface area (TPSA) is 67.9 Å². The summed E-state index contributed by atoms with van der Waals surface area (Å²) in [6, 6.07) is -0.397. The van der Waals surface area contributed by atoms with Crippen molar-refractivity contribution in [2.24, 2.45) is 5.92 Å². The maximum atomic E-state index is 12.3. The van der Waals surface area contributed by atoms with Crippen LogP contribution >= 0.6 is 0 Å². The summed E-state index contributed by atoms with van der Waals surface area (Å²) in [4.78, 5) is 25.6. The molecule has 2 unspecified atom stereocenters. The van der Waals surface area contributed by atoms with Gasteiger partial charge in [0.25, 0.3) is 0 Å². The third-order valence-electron chi connectivity index (χ3n) is 3.30. The van der Waals surface area contributed by atoms with Crippen molar-refractivity contribution in [2.45, 2.75) is 32.4 Å². The molecule has 0 bridgehead atoms. The highest BCUT2D eigenvalue weighted by atomic mass is 16.6. The zero-order chi connectivity index (χ0) is 13.8. The number of carbonyl (C=O) groups excluding carboxylic acids is 2. The highest BCUT2D eigenvalue weighted by molar-refractivity contribution is 5.94. The third kappa shape index (κ3) is 3.91. The van der Waals surface area contributed by atoms with Gasteiger partial charge in [-0.3, -0.25) is 9.59 Å². The number of hydrogen-bond donors (Lipinski definition) is 1. The van der Waals surface area contributed by atoms with Gasteiger partial charge in [-0.1, -0.05) is 13.8 Å². The number of nitrogens with one attached hydrogen (secondary N) is 1. The first-order valence-electron chi connectivity index (χ1n) is 6.83. The molecule has 0 aromatic carbocycles. The molecule has 2 atom stereocenters. The first kappa shape index (κ1) is 14.3. The summed E-state index contributed by atoms with van der Waals surface area (Å²) in [6.07, 6.45) is 0.548. The molecule has 19 heavy (non-hydrogen) atoms. The third-order valence-corrected chi connectivity index (χ3v) is 3.30. The lowest BCUT2D eigenvalue weighted by molar-refractivity contribution is -0.150. The Morgan fingerprint density at radius 3 is 2.79 bits per heavy atom. The Morgan fingerprint density at radius 2 is 2.16 bits per heavy atom. The van der Waals surface area contributed by atoms with E-state index in [1.54, 1.807) is 4.90 Å². The van der Waals surface area contributed by atoms with Crippen molar-refractivity contribution in [1.82, 2.24) is 10.2 Å². The number of carbonyl (C=O) groups is 2. The molecular weight excluding hydrogens is 248 g/mol. The fraction of sp³-hybridized carbons (Fsp3) is 0.846. The molecule has 0 aliphatic carbocycles. The normalized spacial score (nSPS) is 28.7. The van der Waals surface area contributed by atoms with Crippen LogP contribution in [0.15, 0.2) is 0 Å². The molecule has 2 saturated heterocycles. The Balaban J connectivity index is 1.94. The summed E-state index contributed by atoms with van der Waals surface area (Å²) >= 11 is 0. The molecule has 108 valence electrons. The molecular formula is C13H22N2O4. The van der Waals surface area contributed by atoms with Gasteiger partial charge in [0.1, 0.15) is 6.04 Å². The van der Waals surface area contributed by atoms with Crippen LogP contribution in [0.2, 0.25) is 0 Å². The minimum absolute atomic E-state index is 0.0116. The maximum Gasteiger partial charge on any atom is 0.245 e. The molecule has 0 aromatic rings. The van der Waals surface area contributed by atoms with Gasteiger partial charge in [0.2, 0.25) is 11.8 Å². The van der Waals surface area contributed by atoms with Crippen LogP contribution in [0.5, 0.6) is 0 Å². The average molecular weight is 270 g/mol. The predicted octanol–water partition coefficient (Wildman–Crippen LogP) is -0.225. The first-order valence-corrected chi connectivity index (χ1v) is 6.83. The van der Waals surface area contributed by atoms with Crippen molar-refractivity contribution < 1.29 is 19.1 Å². The van der Waals surface area contributed by atoms with Gasteiger partial charge < -0.3 is 19.7 Å². The van der Waals surface area contributed by atoms with Crippen LogP contribution in [0.1, 0.15) is 20.3 Å². The Hall–Kier alpha value is -1.14. The molecule has 0 radical (unpaired) electrons. The second-order valence-corrected chi connectivity index (χ2v) is 5.54. The molecule has 2 amide bonds. The van der Waals surface area contributed by atoms with Gasteiger partial charge in [-0.15, -0.1) is 0 Å². The van der Waals surface area contributed by atoms with E-state index in [2.05, 4.69) is 5.32 Å². The molecule has 2 aliphatic rings. The van der Waals surface area contributed by atoms with E-state index < -0.39 is 6.04 Å². The summed E-state index contributed by atoms with van der Waals surface area (Å²) in [5.41, 5.74) is 0. The number of rotatable bonds is 4. The van der Waals surface area contributed by atoms with Gasteiger partial charge in [0.15, 0.2) is 0 Å². The van der Waals surface area contributed by atoms with Gasteiger partial charge in [-0.25, -0.2) is 0 Å². The lowest BCUT2D eigenvalue weighted by Gasteiger charge is -2.36. The minimum Gasteiger partial charge on any atom is -0.376 e. The van der Waals surface area contributed by atoms with Crippen LogP contribution in [-0.2, 0) is 19.1 Å². The van der Waals surface area contributed by atoms with E-state index in [4.69, 9.17) is 9.47 Å². The standard InChI is InChI=1S/C13H22N2O4/c1-9(2)5-11-13(17)15(7-12(16)14-11)6-10-8-18-3-4-19-10/h9-11H,3-8H2,1-2H3,(H,14,16). The zero-order valence-electron chi connectivity index (χ0n) is 11.6. The fourth-order valence-corrected chi connectivity index (χ4v) is 2.45. The quantitative estimate of drug-likeness (QED) is 0.766. The van der Waals surface area contributed by atoms with Crippen LogP contribution in [-0.4, -0.2) is 61.8 Å². The van der Waals surface area contributed by atoms with Crippen LogP contribution in [0.25, 0.3) is 0 Å². The van der Waals surface area contributed by atoms with Crippen molar-refractivity contribution in [3.8, 4) is 0 Å². The van der Waals surface area contributed by atoms with Gasteiger partial charge in [0, 0.05) is 6.54 Å². The molecule has 2 heterocycles. The number of piperazine rings is 1. The highest BCUT2D eigenvalue weighted by Crippen LogP contribution is 2.13. The molecule has 6 heteroatoms. The van der Waals surface area contributed by atoms with Crippen LogP contribution in [0.3, 0.4) is 0 Å². The maximum absolute atomic E-state index is 12.3. The van der Waals surface area contributed by atoms with E-state index >= 15 is 0 Å². The molecule has 0 aromatic heterocycles. The van der Waals surface area contributed by atoms with E-state index in [0.29, 0.717) is 38.7 Å². The Labute approximate surface area is 113 Å². The summed E-state index contributed by atoms with van der Waals surface area (Å²) in [5.74, 6) is 0.257.